The van der Waals surface area contributed by atoms with Gasteiger partial charge in [0.25, 0.3) is 0 Å². The third-order valence-corrected chi connectivity index (χ3v) is 3.86. The van der Waals surface area contributed by atoms with Crippen LogP contribution in [0.1, 0.15) is 13.8 Å². The first-order chi connectivity index (χ1) is 14.1. The highest BCUT2D eigenvalue weighted by molar-refractivity contribution is 5.76. The van der Waals surface area contributed by atoms with Gasteiger partial charge < -0.3 is 20.1 Å². The van der Waals surface area contributed by atoms with Crippen LogP contribution in [0.4, 0.5) is 28.7 Å². The van der Waals surface area contributed by atoms with Gasteiger partial charge >= 0.3 is 5.69 Å². The molecule has 150 valence electrons. The van der Waals surface area contributed by atoms with Gasteiger partial charge in [-0.05, 0) is 62.4 Å². The van der Waals surface area contributed by atoms with Crippen LogP contribution in [0.5, 0.6) is 11.5 Å². The largest absolute Gasteiger partial charge is 0.494 e. The molecule has 29 heavy (non-hydrogen) atoms. The molecule has 9 heteroatoms. The molecule has 2 N–H and O–H groups in total. The Labute approximate surface area is 167 Å². The number of hydrogen-bond acceptors (Lipinski definition) is 8. The molecule has 0 saturated heterocycles. The van der Waals surface area contributed by atoms with E-state index in [4.69, 9.17) is 9.47 Å². The minimum Gasteiger partial charge on any atom is -0.494 e. The molecule has 0 radical (unpaired) electrons. The van der Waals surface area contributed by atoms with Crippen LogP contribution in [0.3, 0.4) is 0 Å². The molecule has 0 bridgehead atoms. The van der Waals surface area contributed by atoms with Gasteiger partial charge in [-0.2, -0.15) is 0 Å². The summed E-state index contributed by atoms with van der Waals surface area (Å²) < 4.78 is 10.8. The molecule has 0 aliphatic rings. The van der Waals surface area contributed by atoms with Gasteiger partial charge in [-0.1, -0.05) is 0 Å². The van der Waals surface area contributed by atoms with E-state index in [1.165, 1.54) is 6.33 Å². The van der Waals surface area contributed by atoms with Crippen molar-refractivity contribution in [1.29, 1.82) is 0 Å². The number of benzene rings is 2. The Morgan fingerprint density at radius 1 is 0.828 bits per heavy atom. The lowest BCUT2D eigenvalue weighted by Gasteiger charge is -2.11. The zero-order valence-corrected chi connectivity index (χ0v) is 16.1. The number of nitrogens with one attached hydrogen (secondary N) is 2. The molecule has 0 spiro atoms. The van der Waals surface area contributed by atoms with E-state index in [9.17, 15) is 10.1 Å². The number of nitrogens with zero attached hydrogens (tertiary/aromatic N) is 3. The number of hydrogen-bond donors (Lipinski definition) is 2. The molecule has 0 unspecified atom stereocenters. The molecule has 1 aromatic heterocycles. The van der Waals surface area contributed by atoms with Gasteiger partial charge in [-0.3, -0.25) is 10.1 Å². The third-order valence-electron chi connectivity index (χ3n) is 3.86. The summed E-state index contributed by atoms with van der Waals surface area (Å²) >= 11 is 0. The molecule has 9 nitrogen and oxygen atoms in total. The third kappa shape index (κ3) is 5.10. The molecule has 3 rings (SSSR count). The fraction of sp³-hybridized carbons (Fsp3) is 0.200. The van der Waals surface area contributed by atoms with Crippen LogP contribution in [0.15, 0.2) is 54.9 Å². The summed E-state index contributed by atoms with van der Waals surface area (Å²) in [6.07, 6.45) is 1.26. The number of rotatable bonds is 9. The second-order valence-corrected chi connectivity index (χ2v) is 5.84. The minimum absolute atomic E-state index is 0.0857. The van der Waals surface area contributed by atoms with Crippen LogP contribution in [-0.2, 0) is 0 Å². The summed E-state index contributed by atoms with van der Waals surface area (Å²) in [5, 5.41) is 17.6. The van der Waals surface area contributed by atoms with Crippen LogP contribution in [0, 0.1) is 10.1 Å². The SMILES string of the molecule is CCOc1ccc(Nc2ncnc(Nc3ccc(OCC)cc3)c2[N+](=O)[O-])cc1. The highest BCUT2D eigenvalue weighted by atomic mass is 16.6. The van der Waals surface area contributed by atoms with E-state index in [0.29, 0.717) is 36.1 Å². The van der Waals surface area contributed by atoms with Crippen molar-refractivity contribution in [2.24, 2.45) is 0 Å². The van der Waals surface area contributed by atoms with Gasteiger partial charge in [0.15, 0.2) is 0 Å². The first kappa shape index (κ1) is 19.9. The Balaban J connectivity index is 1.84. The van der Waals surface area contributed by atoms with E-state index >= 15 is 0 Å². The molecule has 1 heterocycles. The van der Waals surface area contributed by atoms with E-state index in [-0.39, 0.29) is 17.3 Å². The number of nitro groups is 1. The lowest BCUT2D eigenvalue weighted by molar-refractivity contribution is -0.383. The van der Waals surface area contributed by atoms with E-state index in [1.54, 1.807) is 48.5 Å². The fourth-order valence-electron chi connectivity index (χ4n) is 2.61. The molecule has 0 aliphatic heterocycles. The van der Waals surface area contributed by atoms with Gasteiger partial charge in [0.1, 0.15) is 17.8 Å². The van der Waals surface area contributed by atoms with Crippen molar-refractivity contribution in [2.75, 3.05) is 23.8 Å². The molecule has 2 aromatic carbocycles. The lowest BCUT2D eigenvalue weighted by Crippen LogP contribution is -2.05. The molecular weight excluding hydrogens is 374 g/mol. The van der Waals surface area contributed by atoms with Crippen molar-refractivity contribution in [2.45, 2.75) is 13.8 Å². The van der Waals surface area contributed by atoms with E-state index < -0.39 is 4.92 Å². The quantitative estimate of drug-likeness (QED) is 0.397. The Morgan fingerprint density at radius 2 is 1.24 bits per heavy atom. The summed E-state index contributed by atoms with van der Waals surface area (Å²) in [5.41, 5.74) is 1.03. The maximum absolute atomic E-state index is 11.7. The molecule has 0 atom stereocenters. The van der Waals surface area contributed by atoms with Crippen LogP contribution >= 0.6 is 0 Å². The van der Waals surface area contributed by atoms with Crippen LogP contribution < -0.4 is 20.1 Å². The topological polar surface area (TPSA) is 111 Å². The van der Waals surface area contributed by atoms with Gasteiger partial charge in [0.05, 0.1) is 18.1 Å². The molecular formula is C20H21N5O4. The van der Waals surface area contributed by atoms with Gasteiger partial charge in [-0.25, -0.2) is 9.97 Å². The Bertz CT molecular complexity index is 892. The van der Waals surface area contributed by atoms with Crippen LogP contribution in [0.2, 0.25) is 0 Å². The van der Waals surface area contributed by atoms with Gasteiger partial charge in [0, 0.05) is 11.4 Å². The molecule has 0 fully saturated rings. The molecule has 3 aromatic rings. The second kappa shape index (κ2) is 9.36. The average Bonchev–Trinajstić information content (AvgIpc) is 2.71. The average molecular weight is 395 g/mol. The molecule has 0 aliphatic carbocycles. The summed E-state index contributed by atoms with van der Waals surface area (Å²) in [6.45, 7) is 4.92. The van der Waals surface area contributed by atoms with E-state index in [0.717, 1.165) is 0 Å². The maximum Gasteiger partial charge on any atom is 0.353 e. The highest BCUT2D eigenvalue weighted by Gasteiger charge is 2.23. The van der Waals surface area contributed by atoms with Crippen molar-refractivity contribution < 1.29 is 14.4 Å². The smallest absolute Gasteiger partial charge is 0.353 e. The van der Waals surface area contributed by atoms with Gasteiger partial charge in [0.2, 0.25) is 11.6 Å². The summed E-state index contributed by atoms with van der Waals surface area (Å²) in [4.78, 5) is 19.3. The van der Waals surface area contributed by atoms with Crippen molar-refractivity contribution >= 4 is 28.7 Å². The van der Waals surface area contributed by atoms with E-state index in [1.807, 2.05) is 13.8 Å². The summed E-state index contributed by atoms with van der Waals surface area (Å²) in [6, 6.07) is 14.1. The van der Waals surface area contributed by atoms with E-state index in [2.05, 4.69) is 20.6 Å². The predicted molar refractivity (Wildman–Crippen MR) is 110 cm³/mol. The number of ether oxygens (including phenoxy) is 2. The van der Waals surface area contributed by atoms with Crippen LogP contribution in [0.25, 0.3) is 0 Å². The van der Waals surface area contributed by atoms with Crippen molar-refractivity contribution in [3.8, 4) is 11.5 Å². The maximum atomic E-state index is 11.7. The zero-order valence-electron chi connectivity index (χ0n) is 16.1. The lowest BCUT2D eigenvalue weighted by atomic mass is 10.3. The normalized spacial score (nSPS) is 10.3. The van der Waals surface area contributed by atoms with Crippen molar-refractivity contribution in [3.05, 3.63) is 65.0 Å². The van der Waals surface area contributed by atoms with Crippen molar-refractivity contribution in [1.82, 2.24) is 9.97 Å². The fourth-order valence-corrected chi connectivity index (χ4v) is 2.61. The Hall–Kier alpha value is -3.88. The first-order valence-corrected chi connectivity index (χ1v) is 9.09. The Kier molecular flexibility index (Phi) is 6.41. The van der Waals surface area contributed by atoms with Gasteiger partial charge in [-0.15, -0.1) is 0 Å². The minimum atomic E-state index is -0.520. The summed E-state index contributed by atoms with van der Waals surface area (Å²) in [7, 11) is 0. The first-order valence-electron chi connectivity index (χ1n) is 9.09. The standard InChI is InChI=1S/C20H21N5O4/c1-3-28-16-9-5-14(6-10-16)23-19-18(25(26)27)20(22-13-21-19)24-15-7-11-17(12-8-15)29-4-2/h5-13H,3-4H2,1-2H3,(H2,21,22,23,24). The number of aromatic nitrogens is 2. The zero-order chi connectivity index (χ0) is 20.6. The highest BCUT2D eigenvalue weighted by Crippen LogP contribution is 2.33. The predicted octanol–water partition coefficient (Wildman–Crippen LogP) is 4.67. The monoisotopic (exact) mass is 395 g/mol. The molecule has 0 amide bonds. The summed E-state index contributed by atoms with van der Waals surface area (Å²) in [5.74, 6) is 1.60. The molecule has 0 saturated carbocycles. The van der Waals surface area contributed by atoms with Crippen LogP contribution in [-0.4, -0.2) is 28.1 Å². The van der Waals surface area contributed by atoms with Crippen molar-refractivity contribution in [3.63, 3.8) is 0 Å². The number of anilines is 4. The second-order valence-electron chi connectivity index (χ2n) is 5.84. The Morgan fingerprint density at radius 3 is 1.59 bits per heavy atom.